The second-order valence-corrected chi connectivity index (χ2v) is 5.40. The Morgan fingerprint density at radius 2 is 1.81 bits per heavy atom. The Balaban J connectivity index is 0.000000289. The molecule has 21 heavy (non-hydrogen) atoms. The smallest absolute Gasteiger partial charge is 0.293 e. The monoisotopic (exact) mass is 296 g/mol. The summed E-state index contributed by atoms with van der Waals surface area (Å²) < 4.78 is 4.55. The molecule has 120 valence electrons. The van der Waals surface area contributed by atoms with Crippen molar-refractivity contribution >= 4 is 6.47 Å². The number of piperazine rings is 1. The van der Waals surface area contributed by atoms with Gasteiger partial charge in [0, 0.05) is 45.2 Å². The van der Waals surface area contributed by atoms with Crippen molar-refractivity contribution in [2.75, 3.05) is 32.8 Å². The number of nitrogens with zero attached hydrogens (tertiary/aromatic N) is 2. The van der Waals surface area contributed by atoms with Gasteiger partial charge in [-0.3, -0.25) is 14.7 Å². The molecule has 2 rings (SSSR count). The van der Waals surface area contributed by atoms with E-state index in [1.807, 2.05) is 39.0 Å². The van der Waals surface area contributed by atoms with Gasteiger partial charge >= 0.3 is 0 Å². The van der Waals surface area contributed by atoms with Crippen molar-refractivity contribution in [3.05, 3.63) is 30.6 Å². The van der Waals surface area contributed by atoms with E-state index >= 15 is 0 Å². The Bertz CT molecular complexity index is 309. The zero-order chi connectivity index (χ0) is 16.0. The molecule has 0 atom stereocenters. The van der Waals surface area contributed by atoms with Crippen molar-refractivity contribution in [2.24, 2.45) is 5.73 Å². The molecule has 1 aliphatic heterocycles. The number of carbonyl (C=O) groups is 1. The van der Waals surface area contributed by atoms with Crippen LogP contribution in [0.3, 0.4) is 0 Å². The van der Waals surface area contributed by atoms with Crippen molar-refractivity contribution in [1.29, 1.82) is 0 Å². The number of nitrogens with one attached hydrogen (secondary N) is 1. The van der Waals surface area contributed by atoms with Crippen molar-refractivity contribution < 1.29 is 9.53 Å². The minimum Gasteiger partial charge on any atom is -0.462 e. The first-order valence-corrected chi connectivity index (χ1v) is 7.09. The molecular weight excluding hydrogens is 268 g/mol. The summed E-state index contributed by atoms with van der Waals surface area (Å²) in [6.45, 7) is 11.0. The Hall–Kier alpha value is -1.50. The summed E-state index contributed by atoms with van der Waals surface area (Å²) in [7, 11) is 0. The zero-order valence-electron chi connectivity index (χ0n) is 13.3. The fourth-order valence-corrected chi connectivity index (χ4v) is 1.35. The fraction of sp³-hybridized carbons (Fsp3) is 0.600. The summed E-state index contributed by atoms with van der Waals surface area (Å²) in [4.78, 5) is 15.6. The lowest BCUT2D eigenvalue weighted by Gasteiger charge is -2.24. The maximum atomic E-state index is 9.60. The molecule has 1 fully saturated rings. The molecule has 1 aliphatic rings. The quantitative estimate of drug-likeness (QED) is 0.788. The first kappa shape index (κ1) is 19.5. The summed E-state index contributed by atoms with van der Waals surface area (Å²) in [5, 5.41) is 3.25. The van der Waals surface area contributed by atoms with Crippen LogP contribution >= 0.6 is 0 Å². The third kappa shape index (κ3) is 14.7. The van der Waals surface area contributed by atoms with E-state index < -0.39 is 0 Å². The van der Waals surface area contributed by atoms with E-state index in [9.17, 15) is 4.79 Å². The van der Waals surface area contributed by atoms with E-state index in [1.165, 1.54) is 0 Å². The van der Waals surface area contributed by atoms with Crippen LogP contribution in [-0.2, 0) is 9.53 Å². The number of pyridine rings is 1. The van der Waals surface area contributed by atoms with E-state index in [2.05, 4.69) is 19.9 Å². The highest BCUT2D eigenvalue weighted by atomic mass is 16.5. The summed E-state index contributed by atoms with van der Waals surface area (Å²) in [6, 6.07) is 5.72. The Kier molecular flexibility index (Phi) is 11.4. The van der Waals surface area contributed by atoms with Crippen molar-refractivity contribution in [3.8, 4) is 0 Å². The average molecular weight is 296 g/mol. The van der Waals surface area contributed by atoms with Gasteiger partial charge in [0.05, 0.1) is 0 Å². The van der Waals surface area contributed by atoms with E-state index in [1.54, 1.807) is 12.4 Å². The van der Waals surface area contributed by atoms with Crippen LogP contribution in [0.4, 0.5) is 0 Å². The van der Waals surface area contributed by atoms with Crippen LogP contribution in [-0.4, -0.2) is 54.8 Å². The molecule has 6 heteroatoms. The minimum absolute atomic E-state index is 0.318. The summed E-state index contributed by atoms with van der Waals surface area (Å²) in [5.41, 5.74) is 5.08. The fourth-order valence-electron chi connectivity index (χ4n) is 1.35. The van der Waals surface area contributed by atoms with Gasteiger partial charge < -0.3 is 15.8 Å². The van der Waals surface area contributed by atoms with Gasteiger partial charge in [0.25, 0.3) is 6.47 Å². The first-order valence-electron chi connectivity index (χ1n) is 7.09. The number of nitrogens with two attached hydrogens (primary N) is 1. The molecule has 0 bridgehead atoms. The topological polar surface area (TPSA) is 80.5 Å². The van der Waals surface area contributed by atoms with E-state index in [0.717, 1.165) is 26.2 Å². The number of rotatable bonds is 2. The Morgan fingerprint density at radius 3 is 2.00 bits per heavy atom. The third-order valence-corrected chi connectivity index (χ3v) is 2.44. The van der Waals surface area contributed by atoms with Crippen LogP contribution in [0.5, 0.6) is 0 Å². The zero-order valence-corrected chi connectivity index (χ0v) is 13.3. The van der Waals surface area contributed by atoms with Crippen LogP contribution in [0.2, 0.25) is 0 Å². The maximum absolute atomic E-state index is 9.60. The van der Waals surface area contributed by atoms with E-state index in [4.69, 9.17) is 5.73 Å². The second kappa shape index (κ2) is 12.3. The summed E-state index contributed by atoms with van der Waals surface area (Å²) in [6.07, 6.45) is 3.50. The molecule has 0 spiro atoms. The molecule has 6 nitrogen and oxygen atoms in total. The van der Waals surface area contributed by atoms with Crippen molar-refractivity contribution in [3.63, 3.8) is 0 Å². The molecule has 1 saturated heterocycles. The van der Waals surface area contributed by atoms with Crippen LogP contribution < -0.4 is 11.1 Å². The minimum atomic E-state index is -0.318. The molecule has 0 saturated carbocycles. The molecule has 0 radical (unpaired) electrons. The predicted octanol–water partition coefficient (Wildman–Crippen LogP) is 0.847. The number of hydrogen-bond donors (Lipinski definition) is 2. The summed E-state index contributed by atoms with van der Waals surface area (Å²) in [5.74, 6) is 0. The molecule has 2 heterocycles. The van der Waals surface area contributed by atoms with Gasteiger partial charge in [0.15, 0.2) is 0 Å². The van der Waals surface area contributed by atoms with Gasteiger partial charge in [-0.25, -0.2) is 0 Å². The van der Waals surface area contributed by atoms with E-state index in [-0.39, 0.29) is 5.60 Å². The molecule has 0 unspecified atom stereocenters. The SMILES string of the molecule is CC(C)(C)OC=O.NCN1CCNCC1.c1ccncc1. The van der Waals surface area contributed by atoms with Gasteiger partial charge in [0.2, 0.25) is 0 Å². The lowest BCUT2D eigenvalue weighted by atomic mass is 10.2. The molecule has 0 aromatic carbocycles. The van der Waals surface area contributed by atoms with Crippen LogP contribution in [0.1, 0.15) is 20.8 Å². The van der Waals surface area contributed by atoms with Crippen LogP contribution in [0.25, 0.3) is 0 Å². The number of carbonyl (C=O) groups excluding carboxylic acids is 1. The highest BCUT2D eigenvalue weighted by Crippen LogP contribution is 2.02. The largest absolute Gasteiger partial charge is 0.462 e. The molecule has 0 amide bonds. The van der Waals surface area contributed by atoms with E-state index in [0.29, 0.717) is 13.1 Å². The third-order valence-electron chi connectivity index (χ3n) is 2.44. The van der Waals surface area contributed by atoms with Crippen LogP contribution in [0.15, 0.2) is 30.6 Å². The van der Waals surface area contributed by atoms with Crippen molar-refractivity contribution in [2.45, 2.75) is 26.4 Å². The molecular formula is C15H28N4O2. The van der Waals surface area contributed by atoms with Gasteiger partial charge in [-0.05, 0) is 32.9 Å². The number of hydrogen-bond acceptors (Lipinski definition) is 6. The van der Waals surface area contributed by atoms with Gasteiger partial charge in [-0.1, -0.05) is 6.07 Å². The number of aromatic nitrogens is 1. The Morgan fingerprint density at radius 1 is 1.24 bits per heavy atom. The molecule has 1 aromatic rings. The lowest BCUT2D eigenvalue weighted by Crippen LogP contribution is -2.45. The number of ether oxygens (including phenoxy) is 1. The first-order chi connectivity index (χ1) is 9.99. The molecule has 1 aromatic heterocycles. The molecule has 0 aliphatic carbocycles. The summed E-state index contributed by atoms with van der Waals surface area (Å²) >= 11 is 0. The highest BCUT2D eigenvalue weighted by Gasteiger charge is 2.07. The molecule has 3 N–H and O–H groups in total. The van der Waals surface area contributed by atoms with Gasteiger partial charge in [-0.2, -0.15) is 0 Å². The maximum Gasteiger partial charge on any atom is 0.293 e. The Labute approximate surface area is 127 Å². The standard InChI is InChI=1S/C5H13N3.C5H5N.C5H10O2/c6-5-8-3-1-7-2-4-8;1-2-4-6-5-3-1;1-5(2,3)7-4-6/h7H,1-6H2;1-5H;4H,1-3H3. The second-order valence-electron chi connectivity index (χ2n) is 5.40. The van der Waals surface area contributed by atoms with Crippen molar-refractivity contribution in [1.82, 2.24) is 15.2 Å². The normalized spacial score (nSPS) is 14.9. The van der Waals surface area contributed by atoms with Gasteiger partial charge in [-0.15, -0.1) is 0 Å². The van der Waals surface area contributed by atoms with Gasteiger partial charge in [0.1, 0.15) is 5.60 Å². The average Bonchev–Trinajstić information content (AvgIpc) is 2.50. The lowest BCUT2D eigenvalue weighted by molar-refractivity contribution is -0.138. The van der Waals surface area contributed by atoms with Crippen LogP contribution in [0, 0.1) is 0 Å². The highest BCUT2D eigenvalue weighted by molar-refractivity contribution is 5.37. The predicted molar refractivity (Wildman–Crippen MR) is 84.6 cm³/mol.